The third-order valence-electron chi connectivity index (χ3n) is 6.34. The first-order chi connectivity index (χ1) is 15.3. The highest BCUT2D eigenvalue weighted by molar-refractivity contribution is 5.95. The minimum atomic E-state index is -0.0700. The van der Waals surface area contributed by atoms with Crippen molar-refractivity contribution < 1.29 is 9.53 Å². The van der Waals surface area contributed by atoms with Crippen LogP contribution in [0.15, 0.2) is 73.1 Å². The first-order valence-electron chi connectivity index (χ1n) is 11.1. The van der Waals surface area contributed by atoms with E-state index in [-0.39, 0.29) is 11.9 Å². The van der Waals surface area contributed by atoms with Gasteiger partial charge in [-0.3, -0.25) is 14.7 Å². The fourth-order valence-electron chi connectivity index (χ4n) is 4.82. The molecule has 5 nitrogen and oxygen atoms in total. The van der Waals surface area contributed by atoms with E-state index < -0.39 is 0 Å². The second kappa shape index (κ2) is 8.90. The average molecular weight is 414 g/mol. The summed E-state index contributed by atoms with van der Waals surface area (Å²) in [6.45, 7) is 0.995. The van der Waals surface area contributed by atoms with E-state index >= 15 is 0 Å². The number of anilines is 1. The maximum Gasteiger partial charge on any atom is 0.241 e. The lowest BCUT2D eigenvalue weighted by Gasteiger charge is -2.39. The number of pyridine rings is 1. The van der Waals surface area contributed by atoms with Crippen LogP contribution in [0.2, 0.25) is 0 Å². The first-order valence-corrected chi connectivity index (χ1v) is 11.1. The Hall–Kier alpha value is -3.18. The molecule has 0 radical (unpaired) electrons. The molecule has 0 saturated carbocycles. The highest BCUT2D eigenvalue weighted by atomic mass is 16.5. The minimum Gasteiger partial charge on any atom is -0.456 e. The van der Waals surface area contributed by atoms with E-state index in [9.17, 15) is 4.79 Å². The van der Waals surface area contributed by atoms with Crippen molar-refractivity contribution in [3.05, 3.63) is 84.2 Å². The van der Waals surface area contributed by atoms with Gasteiger partial charge in [0.05, 0.1) is 12.2 Å². The molecule has 2 aliphatic rings. The van der Waals surface area contributed by atoms with Crippen LogP contribution in [0.4, 0.5) is 5.69 Å². The lowest BCUT2D eigenvalue weighted by Crippen LogP contribution is -2.52. The second-order valence-electron chi connectivity index (χ2n) is 8.38. The molecule has 1 atom stereocenters. The van der Waals surface area contributed by atoms with E-state index in [0.29, 0.717) is 17.5 Å². The number of carbonyl (C=O) groups is 1. The van der Waals surface area contributed by atoms with Crippen LogP contribution in [-0.4, -0.2) is 34.4 Å². The second-order valence-corrected chi connectivity index (χ2v) is 8.38. The van der Waals surface area contributed by atoms with Gasteiger partial charge in [-0.25, -0.2) is 0 Å². The molecule has 5 heteroatoms. The molecule has 1 aliphatic carbocycles. The minimum absolute atomic E-state index is 0.0700. The Morgan fingerprint density at radius 3 is 2.42 bits per heavy atom. The third kappa shape index (κ3) is 4.47. The summed E-state index contributed by atoms with van der Waals surface area (Å²) in [5.74, 6) is 1.50. The first kappa shape index (κ1) is 19.8. The number of ether oxygens (including phenoxy) is 1. The van der Waals surface area contributed by atoms with Gasteiger partial charge in [0.15, 0.2) is 0 Å². The van der Waals surface area contributed by atoms with Gasteiger partial charge in [0, 0.05) is 17.9 Å². The molecule has 2 heterocycles. The fraction of sp³-hybridized carbons (Fsp3) is 0.308. The number of benzene rings is 2. The van der Waals surface area contributed by atoms with Crippen LogP contribution >= 0.6 is 0 Å². The predicted octanol–water partition coefficient (Wildman–Crippen LogP) is 4.83. The van der Waals surface area contributed by atoms with Crippen molar-refractivity contribution in [2.45, 2.75) is 44.2 Å². The number of carbonyl (C=O) groups excluding carboxylic acids is 1. The summed E-state index contributed by atoms with van der Waals surface area (Å²) in [6.07, 6.45) is 8.66. The molecule has 158 valence electrons. The monoisotopic (exact) mass is 413 g/mol. The van der Waals surface area contributed by atoms with E-state index in [2.05, 4.69) is 39.5 Å². The molecule has 1 amide bonds. The van der Waals surface area contributed by atoms with Crippen molar-refractivity contribution >= 4 is 11.6 Å². The van der Waals surface area contributed by atoms with Crippen LogP contribution < -0.4 is 10.1 Å². The predicted molar refractivity (Wildman–Crippen MR) is 121 cm³/mol. The number of nitrogens with one attached hydrogen (secondary N) is 1. The normalized spacial score (nSPS) is 19.0. The van der Waals surface area contributed by atoms with Crippen LogP contribution in [-0.2, 0) is 17.6 Å². The Morgan fingerprint density at radius 1 is 0.935 bits per heavy atom. The van der Waals surface area contributed by atoms with Gasteiger partial charge >= 0.3 is 0 Å². The lowest BCUT2D eigenvalue weighted by molar-refractivity contribution is -0.123. The molecule has 0 unspecified atom stereocenters. The molecule has 0 bridgehead atoms. The SMILES string of the molecule is O=C(Nc1ccc(Oc2cccnc2)cc1)[C@@H]1CCCCN1C1Cc2ccccc2C1. The van der Waals surface area contributed by atoms with Crippen LogP contribution in [0.3, 0.4) is 0 Å². The van der Waals surface area contributed by atoms with E-state index in [4.69, 9.17) is 4.74 Å². The maximum absolute atomic E-state index is 13.2. The van der Waals surface area contributed by atoms with Gasteiger partial charge in [0.2, 0.25) is 5.91 Å². The fourth-order valence-corrected chi connectivity index (χ4v) is 4.82. The quantitative estimate of drug-likeness (QED) is 0.651. The Bertz CT molecular complexity index is 1010. The standard InChI is InChI=1S/C26H27N3O2/c30-26(28-21-10-12-23(13-11-21)31-24-8-5-14-27-18-24)25-9-3-4-15-29(25)22-16-19-6-1-2-7-20(19)17-22/h1-2,5-8,10-14,18,22,25H,3-4,9,15-17H2,(H,28,30)/t25-/m0/s1. The molecule has 2 aromatic carbocycles. The number of aromatic nitrogens is 1. The van der Waals surface area contributed by atoms with Gasteiger partial charge in [-0.1, -0.05) is 30.7 Å². The van der Waals surface area contributed by atoms with Gasteiger partial charge < -0.3 is 10.1 Å². The van der Waals surface area contributed by atoms with E-state index in [1.54, 1.807) is 12.4 Å². The molecule has 5 rings (SSSR count). The van der Waals surface area contributed by atoms with Gasteiger partial charge in [-0.05, 0) is 79.8 Å². The Morgan fingerprint density at radius 2 is 1.71 bits per heavy atom. The summed E-state index contributed by atoms with van der Waals surface area (Å²) in [6, 6.07) is 20.3. The third-order valence-corrected chi connectivity index (χ3v) is 6.34. The number of hydrogen-bond acceptors (Lipinski definition) is 4. The largest absolute Gasteiger partial charge is 0.456 e. The zero-order valence-electron chi connectivity index (χ0n) is 17.5. The summed E-state index contributed by atoms with van der Waals surface area (Å²) >= 11 is 0. The Balaban J connectivity index is 1.23. The summed E-state index contributed by atoms with van der Waals surface area (Å²) < 4.78 is 5.79. The summed E-state index contributed by atoms with van der Waals surface area (Å²) in [7, 11) is 0. The molecule has 1 N–H and O–H groups in total. The Labute approximate surface area is 183 Å². The summed E-state index contributed by atoms with van der Waals surface area (Å²) in [5.41, 5.74) is 3.66. The van der Waals surface area contributed by atoms with Crippen molar-refractivity contribution in [1.29, 1.82) is 0 Å². The van der Waals surface area contributed by atoms with Gasteiger partial charge in [0.1, 0.15) is 11.5 Å². The number of amides is 1. The average Bonchev–Trinajstić information content (AvgIpc) is 3.25. The molecular weight excluding hydrogens is 386 g/mol. The molecule has 1 saturated heterocycles. The molecule has 1 aliphatic heterocycles. The molecular formula is C26H27N3O2. The van der Waals surface area contributed by atoms with Crippen molar-refractivity contribution in [3.8, 4) is 11.5 Å². The molecule has 0 spiro atoms. The summed E-state index contributed by atoms with van der Waals surface area (Å²) in [4.78, 5) is 19.7. The number of nitrogens with zero attached hydrogens (tertiary/aromatic N) is 2. The number of rotatable bonds is 5. The zero-order chi connectivity index (χ0) is 21.0. The highest BCUT2D eigenvalue weighted by Gasteiger charge is 2.36. The maximum atomic E-state index is 13.2. The van der Waals surface area contributed by atoms with Gasteiger partial charge in [-0.2, -0.15) is 0 Å². The summed E-state index contributed by atoms with van der Waals surface area (Å²) in [5, 5.41) is 3.13. The number of hydrogen-bond donors (Lipinski definition) is 1. The Kier molecular flexibility index (Phi) is 5.67. The van der Waals surface area contributed by atoms with Gasteiger partial charge in [-0.15, -0.1) is 0 Å². The van der Waals surface area contributed by atoms with Crippen molar-refractivity contribution in [2.75, 3.05) is 11.9 Å². The molecule has 3 aromatic rings. The topological polar surface area (TPSA) is 54.5 Å². The van der Waals surface area contributed by atoms with Gasteiger partial charge in [0.25, 0.3) is 0 Å². The molecule has 1 aromatic heterocycles. The van der Waals surface area contributed by atoms with E-state index in [0.717, 1.165) is 44.3 Å². The van der Waals surface area contributed by atoms with Crippen molar-refractivity contribution in [1.82, 2.24) is 9.88 Å². The van der Waals surface area contributed by atoms with E-state index in [1.807, 2.05) is 36.4 Å². The van der Waals surface area contributed by atoms with Crippen molar-refractivity contribution in [2.24, 2.45) is 0 Å². The highest BCUT2D eigenvalue weighted by Crippen LogP contribution is 2.30. The van der Waals surface area contributed by atoms with E-state index in [1.165, 1.54) is 11.1 Å². The van der Waals surface area contributed by atoms with Crippen LogP contribution in [0, 0.1) is 0 Å². The van der Waals surface area contributed by atoms with Crippen LogP contribution in [0.5, 0.6) is 11.5 Å². The smallest absolute Gasteiger partial charge is 0.241 e. The number of fused-ring (bicyclic) bond motifs is 1. The number of piperidine rings is 1. The molecule has 1 fully saturated rings. The van der Waals surface area contributed by atoms with Crippen LogP contribution in [0.1, 0.15) is 30.4 Å². The van der Waals surface area contributed by atoms with Crippen LogP contribution in [0.25, 0.3) is 0 Å². The zero-order valence-corrected chi connectivity index (χ0v) is 17.5. The van der Waals surface area contributed by atoms with Crippen molar-refractivity contribution in [3.63, 3.8) is 0 Å². The lowest BCUT2D eigenvalue weighted by atomic mass is 9.97. The molecule has 31 heavy (non-hydrogen) atoms. The number of likely N-dealkylation sites (tertiary alicyclic amines) is 1.